The molecule has 5 heteroatoms. The molecule has 2 N–H and O–H groups in total. The Balaban J connectivity index is 2.22. The topological polar surface area (TPSA) is 44.4 Å². The fourth-order valence-electron chi connectivity index (χ4n) is 4.18. The summed E-state index contributed by atoms with van der Waals surface area (Å²) < 4.78 is 0. The van der Waals surface area contributed by atoms with Crippen molar-refractivity contribution >= 4 is 23.6 Å². The third kappa shape index (κ3) is 8.29. The zero-order valence-corrected chi connectivity index (χ0v) is 21.4. The van der Waals surface area contributed by atoms with Gasteiger partial charge < -0.3 is 10.6 Å². The van der Waals surface area contributed by atoms with Crippen molar-refractivity contribution in [2.75, 3.05) is 20.6 Å². The van der Waals surface area contributed by atoms with Crippen molar-refractivity contribution in [3.63, 3.8) is 0 Å². The Morgan fingerprint density at radius 3 is 2.61 bits per heavy atom. The summed E-state index contributed by atoms with van der Waals surface area (Å²) in [6.45, 7) is 8.95. The normalized spacial score (nSPS) is 16.9. The number of nitrogens with zero attached hydrogens (tertiary/aromatic N) is 1. The van der Waals surface area contributed by atoms with Crippen molar-refractivity contribution in [2.45, 2.75) is 63.9 Å². The molecule has 0 saturated heterocycles. The van der Waals surface area contributed by atoms with Crippen LogP contribution in [0.15, 0.2) is 65.9 Å². The largest absolute Gasteiger partial charge is 0.322 e. The van der Waals surface area contributed by atoms with Crippen molar-refractivity contribution < 1.29 is 4.79 Å². The average Bonchev–Trinajstić information content (AvgIpc) is 2.84. The molecular formula is C28H40ClN3O. The number of carbonyl (C=O) groups is 1. The third-order valence-electron chi connectivity index (χ3n) is 6.43. The van der Waals surface area contributed by atoms with E-state index in [1.54, 1.807) is 0 Å². The van der Waals surface area contributed by atoms with Gasteiger partial charge in [-0.3, -0.25) is 9.69 Å². The molecule has 1 amide bonds. The van der Waals surface area contributed by atoms with Crippen molar-refractivity contribution in [1.82, 2.24) is 15.5 Å². The van der Waals surface area contributed by atoms with Gasteiger partial charge in [-0.25, -0.2) is 0 Å². The predicted octanol–water partition coefficient (Wildman–Crippen LogP) is 5.81. The van der Waals surface area contributed by atoms with Crippen LogP contribution < -0.4 is 10.6 Å². The number of allylic oxidation sites excluding steroid dienone is 3. The van der Waals surface area contributed by atoms with Gasteiger partial charge in [0.05, 0.1) is 0 Å². The minimum Gasteiger partial charge on any atom is -0.322 e. The number of carbonyl (C=O) groups excluding carboxylic acids is 1. The molecule has 1 fully saturated rings. The average molecular weight is 470 g/mol. The van der Waals surface area contributed by atoms with Gasteiger partial charge in [-0.1, -0.05) is 68.3 Å². The summed E-state index contributed by atoms with van der Waals surface area (Å²) in [6, 6.07) is 8.34. The van der Waals surface area contributed by atoms with Crippen LogP contribution in [0.1, 0.15) is 57.1 Å². The first-order valence-electron chi connectivity index (χ1n) is 12.0. The molecule has 1 unspecified atom stereocenters. The van der Waals surface area contributed by atoms with Gasteiger partial charge in [0.1, 0.15) is 0 Å². The van der Waals surface area contributed by atoms with Crippen LogP contribution in [-0.4, -0.2) is 43.5 Å². The summed E-state index contributed by atoms with van der Waals surface area (Å²) in [5, 5.41) is 6.26. The van der Waals surface area contributed by atoms with Gasteiger partial charge in [0.15, 0.2) is 0 Å². The number of rotatable bonds is 11. The zero-order chi connectivity index (χ0) is 24.2. The second-order valence-electron chi connectivity index (χ2n) is 8.80. The Labute approximate surface area is 205 Å². The van der Waals surface area contributed by atoms with E-state index in [-0.39, 0.29) is 11.9 Å². The summed E-state index contributed by atoms with van der Waals surface area (Å²) in [7, 11) is 4.02. The Kier molecular flexibility index (Phi) is 11.7. The van der Waals surface area contributed by atoms with Crippen LogP contribution in [-0.2, 0) is 10.7 Å². The second kappa shape index (κ2) is 14.2. The van der Waals surface area contributed by atoms with Crippen LogP contribution in [0.3, 0.4) is 0 Å². The molecule has 1 aromatic rings. The van der Waals surface area contributed by atoms with Crippen LogP contribution in [0, 0.1) is 0 Å². The minimum absolute atomic E-state index is 0.130. The maximum Gasteiger partial charge on any atom is 0.253 e. The molecule has 4 nitrogen and oxygen atoms in total. The second-order valence-corrected chi connectivity index (χ2v) is 9.07. The number of amides is 1. The van der Waals surface area contributed by atoms with Gasteiger partial charge in [-0.15, -0.1) is 11.6 Å². The summed E-state index contributed by atoms with van der Waals surface area (Å²) in [4.78, 5) is 15.7. The highest BCUT2D eigenvalue weighted by atomic mass is 35.5. The summed E-state index contributed by atoms with van der Waals surface area (Å²) >= 11 is 6.12. The molecule has 0 aromatic heterocycles. The van der Waals surface area contributed by atoms with Crippen LogP contribution in [0.4, 0.5) is 0 Å². The van der Waals surface area contributed by atoms with Gasteiger partial charge in [-0.2, -0.15) is 0 Å². The zero-order valence-electron chi connectivity index (χ0n) is 20.7. The minimum atomic E-state index is -0.155. The molecule has 0 heterocycles. The lowest BCUT2D eigenvalue weighted by Crippen LogP contribution is -2.38. The van der Waals surface area contributed by atoms with E-state index in [9.17, 15) is 4.79 Å². The summed E-state index contributed by atoms with van der Waals surface area (Å²) in [5.41, 5.74) is 4.25. The number of hydrogen-bond donors (Lipinski definition) is 2. The number of alkyl halides is 1. The SMILES string of the molecule is C=C(NC(=O)/C(=C/c1ccccc1CCl)C(C)NC)/C(=C\C=C/C)CN(C)C1CCCCC1. The molecule has 33 heavy (non-hydrogen) atoms. The third-order valence-corrected chi connectivity index (χ3v) is 6.72. The van der Waals surface area contributed by atoms with Crippen molar-refractivity contribution in [1.29, 1.82) is 0 Å². The number of nitrogens with one attached hydrogen (secondary N) is 2. The number of benzene rings is 1. The highest BCUT2D eigenvalue weighted by Gasteiger charge is 2.21. The first-order valence-corrected chi connectivity index (χ1v) is 12.5. The molecule has 0 spiro atoms. The quantitative estimate of drug-likeness (QED) is 0.244. The molecule has 0 aliphatic heterocycles. The van der Waals surface area contributed by atoms with Crippen LogP contribution in [0.2, 0.25) is 0 Å². The Hall–Kier alpha value is -2.14. The molecule has 1 aliphatic carbocycles. The van der Waals surface area contributed by atoms with E-state index in [2.05, 4.69) is 35.2 Å². The fourth-order valence-corrected chi connectivity index (χ4v) is 4.42. The number of halogens is 1. The lowest BCUT2D eigenvalue weighted by Gasteiger charge is -2.32. The standard InChI is InChI=1S/C28H40ClN3O/c1-6-7-13-25(20-32(5)26-16-9-8-10-17-26)21(2)31-28(33)27(22(3)30-4)18-23-14-11-12-15-24(23)19-29/h6-7,11-15,18,22,26,30H,2,8-10,16-17,19-20H2,1,3-5H3,(H,31,33)/b7-6-,25-13-,27-18+. The lowest BCUT2D eigenvalue weighted by atomic mass is 9.94. The molecular weight excluding hydrogens is 430 g/mol. The van der Waals surface area contributed by atoms with E-state index < -0.39 is 0 Å². The summed E-state index contributed by atoms with van der Waals surface area (Å²) in [5.74, 6) is 0.240. The van der Waals surface area contributed by atoms with E-state index >= 15 is 0 Å². The van der Waals surface area contributed by atoms with E-state index in [0.717, 1.165) is 23.2 Å². The fraction of sp³-hybridized carbons (Fsp3) is 0.464. The van der Waals surface area contributed by atoms with E-state index in [1.165, 1.54) is 32.1 Å². The van der Waals surface area contributed by atoms with Gasteiger partial charge in [0.25, 0.3) is 5.91 Å². The van der Waals surface area contributed by atoms with E-state index in [0.29, 0.717) is 23.2 Å². The van der Waals surface area contributed by atoms with Crippen LogP contribution in [0.25, 0.3) is 6.08 Å². The maximum absolute atomic E-state index is 13.4. The predicted molar refractivity (Wildman–Crippen MR) is 142 cm³/mol. The van der Waals surface area contributed by atoms with Crippen LogP contribution >= 0.6 is 11.6 Å². The smallest absolute Gasteiger partial charge is 0.253 e. The molecule has 2 rings (SSSR count). The molecule has 180 valence electrons. The summed E-state index contributed by atoms with van der Waals surface area (Å²) in [6.07, 6.45) is 14.4. The number of likely N-dealkylation sites (N-methyl/N-ethyl adjacent to an activating group) is 2. The highest BCUT2D eigenvalue weighted by Crippen LogP contribution is 2.23. The lowest BCUT2D eigenvalue weighted by molar-refractivity contribution is -0.117. The Morgan fingerprint density at radius 1 is 1.27 bits per heavy atom. The highest BCUT2D eigenvalue weighted by molar-refractivity contribution is 6.17. The molecule has 1 aromatic carbocycles. The Morgan fingerprint density at radius 2 is 1.97 bits per heavy atom. The van der Waals surface area contributed by atoms with Gasteiger partial charge in [-0.05, 0) is 63.6 Å². The Bertz CT molecular complexity index is 881. The van der Waals surface area contributed by atoms with E-state index in [1.807, 2.05) is 63.4 Å². The van der Waals surface area contributed by atoms with Crippen molar-refractivity contribution in [3.8, 4) is 0 Å². The van der Waals surface area contributed by atoms with Crippen molar-refractivity contribution in [3.05, 3.63) is 77.0 Å². The monoisotopic (exact) mass is 469 g/mol. The number of hydrogen-bond acceptors (Lipinski definition) is 3. The molecule has 0 bridgehead atoms. The molecule has 1 atom stereocenters. The molecule has 0 radical (unpaired) electrons. The van der Waals surface area contributed by atoms with Gasteiger partial charge in [0, 0.05) is 35.8 Å². The maximum atomic E-state index is 13.4. The van der Waals surface area contributed by atoms with E-state index in [4.69, 9.17) is 11.6 Å². The van der Waals surface area contributed by atoms with Gasteiger partial charge >= 0.3 is 0 Å². The molecule has 1 saturated carbocycles. The van der Waals surface area contributed by atoms with Crippen LogP contribution in [0.5, 0.6) is 0 Å². The van der Waals surface area contributed by atoms with Crippen molar-refractivity contribution in [2.24, 2.45) is 0 Å². The first kappa shape index (κ1) is 27.1. The first-order chi connectivity index (χ1) is 15.9. The molecule has 1 aliphatic rings. The van der Waals surface area contributed by atoms with Gasteiger partial charge in [0.2, 0.25) is 0 Å².